The van der Waals surface area contributed by atoms with Crippen molar-refractivity contribution in [2.75, 3.05) is 13.1 Å². The molecule has 4 heteroatoms. The van der Waals surface area contributed by atoms with Crippen LogP contribution in [-0.4, -0.2) is 35.0 Å². The molecular weight excluding hydrogens is 260 g/mol. The van der Waals surface area contributed by atoms with E-state index in [-0.39, 0.29) is 17.0 Å². The molecule has 0 radical (unpaired) electrons. The Morgan fingerprint density at radius 2 is 1.68 bits per heavy atom. The van der Waals surface area contributed by atoms with Gasteiger partial charge in [0.1, 0.15) is 0 Å². The summed E-state index contributed by atoms with van der Waals surface area (Å²) in [5.41, 5.74) is 0.384. The summed E-state index contributed by atoms with van der Waals surface area (Å²) in [7, 11) is 0. The first-order chi connectivity index (χ1) is 8.70. The lowest BCUT2D eigenvalue weighted by molar-refractivity contribution is 0.0472. The van der Waals surface area contributed by atoms with Gasteiger partial charge in [0.05, 0.1) is 10.6 Å². The molecule has 104 valence electrons. The SMILES string of the molecule is CC1(C)CN(C(=O)c2ccccc2Cl)CC(C)(C)N1. The van der Waals surface area contributed by atoms with E-state index in [9.17, 15) is 4.79 Å². The topological polar surface area (TPSA) is 32.3 Å². The van der Waals surface area contributed by atoms with E-state index in [2.05, 4.69) is 33.0 Å². The van der Waals surface area contributed by atoms with Gasteiger partial charge < -0.3 is 10.2 Å². The zero-order valence-corrected chi connectivity index (χ0v) is 12.7. The van der Waals surface area contributed by atoms with Crippen LogP contribution >= 0.6 is 11.6 Å². The fourth-order valence-corrected chi connectivity index (χ4v) is 3.17. The van der Waals surface area contributed by atoms with Crippen LogP contribution in [-0.2, 0) is 0 Å². The number of benzene rings is 1. The number of piperazine rings is 1. The van der Waals surface area contributed by atoms with Crippen molar-refractivity contribution in [2.24, 2.45) is 0 Å². The molecule has 1 aromatic rings. The maximum Gasteiger partial charge on any atom is 0.255 e. The molecule has 0 spiro atoms. The predicted molar refractivity (Wildman–Crippen MR) is 78.6 cm³/mol. The monoisotopic (exact) mass is 280 g/mol. The van der Waals surface area contributed by atoms with Crippen molar-refractivity contribution in [1.29, 1.82) is 0 Å². The Morgan fingerprint density at radius 3 is 2.21 bits per heavy atom. The first kappa shape index (κ1) is 14.4. The van der Waals surface area contributed by atoms with Gasteiger partial charge >= 0.3 is 0 Å². The third kappa shape index (κ3) is 3.28. The molecule has 1 aliphatic rings. The van der Waals surface area contributed by atoms with Gasteiger partial charge in [-0.3, -0.25) is 4.79 Å². The van der Waals surface area contributed by atoms with Crippen LogP contribution in [0.1, 0.15) is 38.1 Å². The number of nitrogens with one attached hydrogen (secondary N) is 1. The number of rotatable bonds is 1. The summed E-state index contributed by atoms with van der Waals surface area (Å²) in [5.74, 6) is 0.00764. The molecule has 1 fully saturated rings. The summed E-state index contributed by atoms with van der Waals surface area (Å²) >= 11 is 6.12. The average Bonchev–Trinajstić information content (AvgIpc) is 2.24. The molecule has 1 aliphatic heterocycles. The summed E-state index contributed by atoms with van der Waals surface area (Å²) in [4.78, 5) is 14.5. The lowest BCUT2D eigenvalue weighted by Crippen LogP contribution is -2.67. The Hall–Kier alpha value is -1.06. The van der Waals surface area contributed by atoms with Crippen molar-refractivity contribution in [2.45, 2.75) is 38.8 Å². The van der Waals surface area contributed by atoms with E-state index in [1.54, 1.807) is 12.1 Å². The molecule has 1 heterocycles. The second kappa shape index (κ2) is 4.80. The highest BCUT2D eigenvalue weighted by Crippen LogP contribution is 2.24. The zero-order chi connectivity index (χ0) is 14.3. The molecule has 2 rings (SSSR count). The van der Waals surface area contributed by atoms with Crippen molar-refractivity contribution in [3.05, 3.63) is 34.9 Å². The Morgan fingerprint density at radius 1 is 1.16 bits per heavy atom. The Bertz CT molecular complexity index is 481. The summed E-state index contributed by atoms with van der Waals surface area (Å²) < 4.78 is 0. The van der Waals surface area contributed by atoms with Gasteiger partial charge in [0.2, 0.25) is 0 Å². The molecule has 0 bridgehead atoms. The van der Waals surface area contributed by atoms with E-state index in [0.29, 0.717) is 23.7 Å². The van der Waals surface area contributed by atoms with Crippen molar-refractivity contribution in [3.8, 4) is 0 Å². The molecule has 0 atom stereocenters. The molecule has 0 unspecified atom stereocenters. The Balaban J connectivity index is 2.27. The highest BCUT2D eigenvalue weighted by molar-refractivity contribution is 6.33. The second-order valence-electron chi connectivity index (χ2n) is 6.53. The highest BCUT2D eigenvalue weighted by Gasteiger charge is 2.38. The minimum Gasteiger partial charge on any atom is -0.335 e. The summed E-state index contributed by atoms with van der Waals surface area (Å²) in [5, 5.41) is 4.07. The minimum atomic E-state index is -0.0985. The van der Waals surface area contributed by atoms with Crippen molar-refractivity contribution < 1.29 is 4.79 Å². The average molecular weight is 281 g/mol. The van der Waals surface area contributed by atoms with Crippen LogP contribution in [0.3, 0.4) is 0 Å². The fourth-order valence-electron chi connectivity index (χ4n) is 2.95. The molecule has 0 saturated carbocycles. The van der Waals surface area contributed by atoms with E-state index in [1.807, 2.05) is 17.0 Å². The maximum absolute atomic E-state index is 12.6. The number of carbonyl (C=O) groups excluding carboxylic acids is 1. The van der Waals surface area contributed by atoms with Gasteiger partial charge in [-0.1, -0.05) is 23.7 Å². The van der Waals surface area contributed by atoms with Crippen LogP contribution in [0.2, 0.25) is 5.02 Å². The van der Waals surface area contributed by atoms with Crippen LogP contribution in [0.25, 0.3) is 0 Å². The third-order valence-corrected chi connectivity index (χ3v) is 3.57. The van der Waals surface area contributed by atoms with Gasteiger partial charge in [0.15, 0.2) is 0 Å². The van der Waals surface area contributed by atoms with E-state index in [1.165, 1.54) is 0 Å². The number of halogens is 1. The molecule has 19 heavy (non-hydrogen) atoms. The summed E-state index contributed by atoms with van der Waals surface area (Å²) in [6.45, 7) is 9.81. The van der Waals surface area contributed by atoms with E-state index >= 15 is 0 Å². The van der Waals surface area contributed by atoms with Crippen LogP contribution in [0.15, 0.2) is 24.3 Å². The fraction of sp³-hybridized carbons (Fsp3) is 0.533. The van der Waals surface area contributed by atoms with Gasteiger partial charge in [0.25, 0.3) is 5.91 Å². The smallest absolute Gasteiger partial charge is 0.255 e. The van der Waals surface area contributed by atoms with Crippen molar-refractivity contribution in [3.63, 3.8) is 0 Å². The maximum atomic E-state index is 12.6. The predicted octanol–water partition coefficient (Wildman–Crippen LogP) is 2.94. The molecule has 1 aromatic carbocycles. The molecule has 1 saturated heterocycles. The first-order valence-corrected chi connectivity index (χ1v) is 6.91. The van der Waals surface area contributed by atoms with Crippen LogP contribution in [0, 0.1) is 0 Å². The lowest BCUT2D eigenvalue weighted by Gasteiger charge is -2.48. The van der Waals surface area contributed by atoms with Gasteiger partial charge in [-0.15, -0.1) is 0 Å². The Labute approximate surface area is 119 Å². The highest BCUT2D eigenvalue weighted by atomic mass is 35.5. The van der Waals surface area contributed by atoms with Crippen molar-refractivity contribution in [1.82, 2.24) is 10.2 Å². The van der Waals surface area contributed by atoms with Gasteiger partial charge in [0, 0.05) is 24.2 Å². The number of carbonyl (C=O) groups is 1. The van der Waals surface area contributed by atoms with Crippen molar-refractivity contribution >= 4 is 17.5 Å². The number of hydrogen-bond acceptors (Lipinski definition) is 2. The molecule has 0 aliphatic carbocycles. The summed E-state index contributed by atoms with van der Waals surface area (Å²) in [6.07, 6.45) is 0. The normalized spacial score (nSPS) is 21.2. The van der Waals surface area contributed by atoms with E-state index in [0.717, 1.165) is 0 Å². The molecule has 3 nitrogen and oxygen atoms in total. The lowest BCUT2D eigenvalue weighted by atomic mass is 9.91. The van der Waals surface area contributed by atoms with Crippen LogP contribution in [0.5, 0.6) is 0 Å². The van der Waals surface area contributed by atoms with Gasteiger partial charge in [-0.25, -0.2) is 0 Å². The number of nitrogens with zero attached hydrogens (tertiary/aromatic N) is 1. The zero-order valence-electron chi connectivity index (χ0n) is 12.0. The molecule has 1 N–H and O–H groups in total. The molecule has 0 aromatic heterocycles. The number of hydrogen-bond donors (Lipinski definition) is 1. The largest absolute Gasteiger partial charge is 0.335 e. The van der Waals surface area contributed by atoms with E-state index < -0.39 is 0 Å². The van der Waals surface area contributed by atoms with Gasteiger partial charge in [-0.2, -0.15) is 0 Å². The second-order valence-corrected chi connectivity index (χ2v) is 6.94. The molecule has 1 amide bonds. The van der Waals surface area contributed by atoms with Crippen LogP contribution in [0.4, 0.5) is 0 Å². The quantitative estimate of drug-likeness (QED) is 0.858. The van der Waals surface area contributed by atoms with E-state index in [4.69, 9.17) is 11.6 Å². The molecular formula is C15H21ClN2O. The first-order valence-electron chi connectivity index (χ1n) is 6.53. The standard InChI is InChI=1S/C15H21ClN2O/c1-14(2)9-18(10-15(3,4)17-14)13(19)11-7-5-6-8-12(11)16/h5-8,17H,9-10H2,1-4H3. The van der Waals surface area contributed by atoms with Gasteiger partial charge in [-0.05, 0) is 39.8 Å². The third-order valence-electron chi connectivity index (χ3n) is 3.24. The van der Waals surface area contributed by atoms with Crippen LogP contribution < -0.4 is 5.32 Å². The minimum absolute atomic E-state index is 0.00764. The number of amides is 1. The summed E-state index contributed by atoms with van der Waals surface area (Å²) in [6, 6.07) is 7.22. The Kier molecular flexibility index (Phi) is 3.63.